The van der Waals surface area contributed by atoms with Crippen LogP contribution in [-0.4, -0.2) is 11.0 Å². The second-order valence-corrected chi connectivity index (χ2v) is 3.96. The summed E-state index contributed by atoms with van der Waals surface area (Å²) in [6, 6.07) is 13.9. The maximum absolute atomic E-state index is 13.5. The molecule has 0 heterocycles. The van der Waals surface area contributed by atoms with Gasteiger partial charge in [-0.1, -0.05) is 18.2 Å². The molecule has 1 amide bonds. The van der Waals surface area contributed by atoms with Crippen LogP contribution in [0.3, 0.4) is 0 Å². The van der Waals surface area contributed by atoms with Gasteiger partial charge in [-0.2, -0.15) is 10.4 Å². The van der Waals surface area contributed by atoms with E-state index in [0.29, 0.717) is 16.4 Å². The summed E-state index contributed by atoms with van der Waals surface area (Å²) in [6.07, 6.45) is 0. The molecular weight excluding hydrogens is 259 g/mol. The van der Waals surface area contributed by atoms with Crippen molar-refractivity contribution in [2.24, 2.45) is 5.84 Å². The summed E-state index contributed by atoms with van der Waals surface area (Å²) in [5.41, 5.74) is 3.32. The minimum absolute atomic E-state index is 0.140. The average molecular weight is 270 g/mol. The van der Waals surface area contributed by atoms with E-state index in [9.17, 15) is 9.18 Å². The third-order valence-corrected chi connectivity index (χ3v) is 2.56. The van der Waals surface area contributed by atoms with Gasteiger partial charge < -0.3 is 0 Å². The van der Waals surface area contributed by atoms with E-state index in [-0.39, 0.29) is 5.56 Å². The van der Waals surface area contributed by atoms with Gasteiger partial charge in [0.25, 0.3) is 5.91 Å². The van der Waals surface area contributed by atoms with E-state index in [2.05, 4.69) is 5.43 Å². The molecule has 5 nitrogen and oxygen atoms in total. The van der Waals surface area contributed by atoms with Crippen molar-refractivity contribution in [2.45, 2.75) is 0 Å². The molecule has 0 bridgehead atoms. The number of hydrogen-bond acceptors (Lipinski definition) is 4. The Morgan fingerprint density at radius 2 is 2.00 bits per heavy atom. The molecule has 0 spiro atoms. The van der Waals surface area contributed by atoms with Gasteiger partial charge in [-0.05, 0) is 30.3 Å². The lowest BCUT2D eigenvalue weighted by atomic mass is 10.2. The van der Waals surface area contributed by atoms with Gasteiger partial charge in [-0.3, -0.25) is 10.2 Å². The number of benzene rings is 2. The summed E-state index contributed by atoms with van der Waals surface area (Å²) in [6.45, 7) is 0. The van der Waals surface area contributed by atoms with Crippen LogP contribution >= 0.6 is 0 Å². The van der Waals surface area contributed by atoms with Crippen LogP contribution in [0, 0.1) is 17.1 Å². The van der Waals surface area contributed by atoms with Crippen molar-refractivity contribution in [2.75, 3.05) is 5.43 Å². The maximum Gasteiger partial charge on any atom is 0.289 e. The molecule has 0 unspecified atom stereocenters. The fourth-order valence-corrected chi connectivity index (χ4v) is 1.61. The average Bonchev–Trinajstić information content (AvgIpc) is 2.47. The Balaban J connectivity index is 2.16. The van der Waals surface area contributed by atoms with Crippen LogP contribution in [-0.2, 0) is 0 Å². The summed E-state index contributed by atoms with van der Waals surface area (Å²) < 4.78 is 13.5. The van der Waals surface area contributed by atoms with Gasteiger partial charge in [0.2, 0.25) is 0 Å². The molecule has 6 heteroatoms. The van der Waals surface area contributed by atoms with Crippen LogP contribution in [0.25, 0.3) is 0 Å². The van der Waals surface area contributed by atoms with E-state index in [4.69, 9.17) is 11.1 Å². The first kappa shape index (κ1) is 13.5. The molecule has 0 aliphatic heterocycles. The number of nitrogens with zero attached hydrogens (tertiary/aromatic N) is 2. The number of amides is 1. The Bertz CT molecular complexity index is 681. The number of nitrogens with one attached hydrogen (secondary N) is 1. The number of rotatable bonds is 3. The zero-order valence-electron chi connectivity index (χ0n) is 10.4. The van der Waals surface area contributed by atoms with Crippen LogP contribution in [0.4, 0.5) is 10.1 Å². The smallest absolute Gasteiger partial charge is 0.281 e. The van der Waals surface area contributed by atoms with Gasteiger partial charge in [0, 0.05) is 0 Å². The molecule has 2 rings (SSSR count). The van der Waals surface area contributed by atoms with Crippen molar-refractivity contribution in [1.29, 1.82) is 5.26 Å². The standard InChI is InChI=1S/C14H11FN4O/c15-13-7-2-1-6-12(13)14(20)19(17)18-11-5-3-4-10(8-11)9-16/h1-8,18H,17H2. The third kappa shape index (κ3) is 2.91. The molecule has 0 fully saturated rings. The molecule has 100 valence electrons. The van der Waals surface area contributed by atoms with Gasteiger partial charge >= 0.3 is 0 Å². The predicted molar refractivity (Wildman–Crippen MR) is 71.5 cm³/mol. The number of anilines is 1. The number of hydrazine groups is 2. The minimum atomic E-state index is -0.717. The molecule has 0 saturated heterocycles. The molecule has 20 heavy (non-hydrogen) atoms. The molecule has 2 aromatic carbocycles. The van der Waals surface area contributed by atoms with Crippen LogP contribution in [0.15, 0.2) is 48.5 Å². The van der Waals surface area contributed by atoms with Gasteiger partial charge in [0.05, 0.1) is 22.9 Å². The summed E-state index contributed by atoms with van der Waals surface area (Å²) in [5.74, 6) is 4.20. The van der Waals surface area contributed by atoms with Crippen molar-refractivity contribution in [3.8, 4) is 6.07 Å². The lowest BCUT2D eigenvalue weighted by Crippen LogP contribution is -2.42. The zero-order valence-corrected chi connectivity index (χ0v) is 10.4. The highest BCUT2D eigenvalue weighted by Crippen LogP contribution is 2.12. The molecule has 0 aliphatic carbocycles. The fraction of sp³-hybridized carbons (Fsp3) is 0. The number of hydrogen-bond donors (Lipinski definition) is 2. The monoisotopic (exact) mass is 270 g/mol. The molecule has 3 N–H and O–H groups in total. The lowest BCUT2D eigenvalue weighted by Gasteiger charge is -2.19. The zero-order chi connectivity index (χ0) is 14.5. The first-order valence-corrected chi connectivity index (χ1v) is 5.72. The van der Waals surface area contributed by atoms with Gasteiger partial charge in [0.1, 0.15) is 5.82 Å². The highest BCUT2D eigenvalue weighted by molar-refractivity contribution is 5.94. The molecule has 0 aromatic heterocycles. The highest BCUT2D eigenvalue weighted by atomic mass is 19.1. The quantitative estimate of drug-likeness (QED) is 0.508. The SMILES string of the molecule is N#Cc1cccc(NN(N)C(=O)c2ccccc2F)c1. The second-order valence-electron chi connectivity index (χ2n) is 3.96. The van der Waals surface area contributed by atoms with Gasteiger partial charge in [-0.25, -0.2) is 10.2 Å². The van der Waals surface area contributed by atoms with Crippen LogP contribution in [0.5, 0.6) is 0 Å². The molecule has 0 saturated carbocycles. The normalized spacial score (nSPS) is 9.65. The Labute approximate surface area is 115 Å². The van der Waals surface area contributed by atoms with E-state index in [1.165, 1.54) is 24.3 Å². The Hall–Kier alpha value is -2.91. The largest absolute Gasteiger partial charge is 0.289 e. The number of carbonyl (C=O) groups is 1. The maximum atomic E-state index is 13.5. The van der Waals surface area contributed by atoms with E-state index < -0.39 is 11.7 Å². The number of halogens is 1. The predicted octanol–water partition coefficient (Wildman–Crippen LogP) is 2.04. The van der Waals surface area contributed by atoms with E-state index in [0.717, 1.165) is 0 Å². The lowest BCUT2D eigenvalue weighted by molar-refractivity contribution is 0.0788. The van der Waals surface area contributed by atoms with Crippen molar-refractivity contribution < 1.29 is 9.18 Å². The van der Waals surface area contributed by atoms with Gasteiger partial charge in [-0.15, -0.1) is 0 Å². The Kier molecular flexibility index (Phi) is 3.93. The summed E-state index contributed by atoms with van der Waals surface area (Å²) in [7, 11) is 0. The van der Waals surface area contributed by atoms with E-state index >= 15 is 0 Å². The van der Waals surface area contributed by atoms with E-state index in [1.54, 1.807) is 24.3 Å². The number of nitrogens with two attached hydrogens (primary N) is 1. The number of carbonyl (C=O) groups excluding carboxylic acids is 1. The molecular formula is C14H11FN4O. The first-order chi connectivity index (χ1) is 9.61. The third-order valence-electron chi connectivity index (χ3n) is 2.56. The summed E-state index contributed by atoms with van der Waals surface area (Å²) in [4.78, 5) is 12.0. The second kappa shape index (κ2) is 5.82. The van der Waals surface area contributed by atoms with Crippen molar-refractivity contribution in [1.82, 2.24) is 5.12 Å². The minimum Gasteiger partial charge on any atom is -0.281 e. The van der Waals surface area contributed by atoms with E-state index in [1.807, 2.05) is 6.07 Å². The topological polar surface area (TPSA) is 82.2 Å². The molecule has 2 aromatic rings. The Morgan fingerprint density at radius 3 is 2.70 bits per heavy atom. The molecule has 0 atom stereocenters. The van der Waals surface area contributed by atoms with Gasteiger partial charge in [0.15, 0.2) is 0 Å². The van der Waals surface area contributed by atoms with Crippen molar-refractivity contribution >= 4 is 11.6 Å². The van der Waals surface area contributed by atoms with Crippen LogP contribution in [0.2, 0.25) is 0 Å². The molecule has 0 aliphatic rings. The highest BCUT2D eigenvalue weighted by Gasteiger charge is 2.16. The number of nitriles is 1. The fourth-order valence-electron chi connectivity index (χ4n) is 1.61. The first-order valence-electron chi connectivity index (χ1n) is 5.72. The van der Waals surface area contributed by atoms with Crippen LogP contribution in [0.1, 0.15) is 15.9 Å². The molecule has 0 radical (unpaired) electrons. The van der Waals surface area contributed by atoms with Crippen molar-refractivity contribution in [3.63, 3.8) is 0 Å². The summed E-state index contributed by atoms with van der Waals surface area (Å²) in [5, 5.41) is 9.46. The summed E-state index contributed by atoms with van der Waals surface area (Å²) >= 11 is 0. The van der Waals surface area contributed by atoms with Crippen molar-refractivity contribution in [3.05, 3.63) is 65.5 Å². The van der Waals surface area contributed by atoms with Crippen LogP contribution < -0.4 is 11.3 Å². The Morgan fingerprint density at radius 1 is 1.25 bits per heavy atom.